The fourth-order valence-electron chi connectivity index (χ4n) is 2.57. The Hall–Kier alpha value is -0.940. The van der Waals surface area contributed by atoms with Crippen LogP contribution in [0.15, 0.2) is 22.7 Å². The first-order chi connectivity index (χ1) is 9.56. The molecule has 0 bridgehead atoms. The van der Waals surface area contributed by atoms with Gasteiger partial charge in [-0.1, -0.05) is 15.9 Å². The molecule has 1 aromatic rings. The van der Waals surface area contributed by atoms with Crippen molar-refractivity contribution in [2.45, 2.75) is 32.2 Å². The summed E-state index contributed by atoms with van der Waals surface area (Å²) in [4.78, 5) is 12.0. The zero-order valence-corrected chi connectivity index (χ0v) is 13.2. The number of carbonyl (C=O) groups is 1. The van der Waals surface area contributed by atoms with Gasteiger partial charge >= 0.3 is 0 Å². The van der Waals surface area contributed by atoms with Crippen molar-refractivity contribution in [3.05, 3.63) is 34.1 Å². The topological polar surface area (TPSA) is 41.1 Å². The van der Waals surface area contributed by atoms with Crippen LogP contribution >= 0.6 is 15.9 Å². The lowest BCUT2D eigenvalue weighted by Crippen LogP contribution is -2.42. The van der Waals surface area contributed by atoms with Gasteiger partial charge < -0.3 is 10.6 Å². The van der Waals surface area contributed by atoms with E-state index in [0.717, 1.165) is 23.9 Å². The highest BCUT2D eigenvalue weighted by Crippen LogP contribution is 2.17. The maximum atomic E-state index is 13.6. The molecule has 110 valence electrons. The van der Waals surface area contributed by atoms with E-state index in [0.29, 0.717) is 24.6 Å². The van der Waals surface area contributed by atoms with Gasteiger partial charge in [0.2, 0.25) is 5.91 Å². The van der Waals surface area contributed by atoms with Crippen molar-refractivity contribution in [2.24, 2.45) is 5.92 Å². The van der Waals surface area contributed by atoms with Crippen LogP contribution in [-0.2, 0) is 11.2 Å². The first kappa shape index (κ1) is 15.4. The van der Waals surface area contributed by atoms with Crippen LogP contribution in [0.2, 0.25) is 0 Å². The van der Waals surface area contributed by atoms with Crippen LogP contribution in [0.4, 0.5) is 4.39 Å². The summed E-state index contributed by atoms with van der Waals surface area (Å²) >= 11 is 3.33. The molecule has 0 saturated carbocycles. The van der Waals surface area contributed by atoms with Crippen LogP contribution in [0.1, 0.15) is 25.3 Å². The Morgan fingerprint density at radius 2 is 2.35 bits per heavy atom. The zero-order chi connectivity index (χ0) is 14.5. The van der Waals surface area contributed by atoms with Crippen LogP contribution < -0.4 is 10.6 Å². The average Bonchev–Trinajstić information content (AvgIpc) is 2.42. The maximum absolute atomic E-state index is 13.6. The highest BCUT2D eigenvalue weighted by atomic mass is 79.9. The van der Waals surface area contributed by atoms with E-state index in [1.807, 2.05) is 0 Å². The maximum Gasteiger partial charge on any atom is 0.223 e. The molecule has 1 amide bonds. The molecule has 20 heavy (non-hydrogen) atoms. The molecule has 0 spiro atoms. The normalized spacial score (nSPS) is 22.6. The van der Waals surface area contributed by atoms with Gasteiger partial charge in [-0.3, -0.25) is 4.79 Å². The van der Waals surface area contributed by atoms with Gasteiger partial charge in [0, 0.05) is 23.0 Å². The minimum Gasteiger partial charge on any atom is -0.356 e. The SMILES string of the molecule is C[C@H]1C[C@@H](C(=O)NCCc2cc(Br)ccc2F)CCN1. The first-order valence-corrected chi connectivity index (χ1v) is 7.80. The molecule has 1 aliphatic heterocycles. The van der Waals surface area contributed by atoms with E-state index in [1.165, 1.54) is 6.07 Å². The van der Waals surface area contributed by atoms with Crippen molar-refractivity contribution < 1.29 is 9.18 Å². The molecule has 5 heteroatoms. The summed E-state index contributed by atoms with van der Waals surface area (Å²) in [5, 5.41) is 6.25. The molecular formula is C15H20BrFN2O. The van der Waals surface area contributed by atoms with Crippen molar-refractivity contribution in [3.8, 4) is 0 Å². The second kappa shape index (κ2) is 7.18. The van der Waals surface area contributed by atoms with E-state index < -0.39 is 0 Å². The Morgan fingerprint density at radius 3 is 3.10 bits per heavy atom. The van der Waals surface area contributed by atoms with Crippen molar-refractivity contribution in [3.63, 3.8) is 0 Å². The third-order valence-corrected chi connectivity index (χ3v) is 4.19. The van der Waals surface area contributed by atoms with Gasteiger partial charge in [0.15, 0.2) is 0 Å². The lowest BCUT2D eigenvalue weighted by atomic mass is 9.92. The quantitative estimate of drug-likeness (QED) is 0.883. The highest BCUT2D eigenvalue weighted by Gasteiger charge is 2.24. The van der Waals surface area contributed by atoms with Crippen LogP contribution in [-0.4, -0.2) is 25.0 Å². The van der Waals surface area contributed by atoms with Gasteiger partial charge in [-0.25, -0.2) is 4.39 Å². The Morgan fingerprint density at radius 1 is 1.55 bits per heavy atom. The molecule has 3 nitrogen and oxygen atoms in total. The summed E-state index contributed by atoms with van der Waals surface area (Å²) in [6, 6.07) is 5.26. The van der Waals surface area contributed by atoms with E-state index in [9.17, 15) is 9.18 Å². The molecule has 2 atom stereocenters. The fourth-order valence-corrected chi connectivity index (χ4v) is 2.98. The van der Waals surface area contributed by atoms with Crippen LogP contribution in [0, 0.1) is 11.7 Å². The van der Waals surface area contributed by atoms with Crippen LogP contribution in [0.25, 0.3) is 0 Å². The second-order valence-corrected chi connectivity index (χ2v) is 6.27. The van der Waals surface area contributed by atoms with Crippen molar-refractivity contribution >= 4 is 21.8 Å². The monoisotopic (exact) mass is 342 g/mol. The standard InChI is InChI=1S/C15H20BrFN2O/c1-10-8-12(5-6-18-10)15(20)19-7-4-11-9-13(16)2-3-14(11)17/h2-3,9-10,12,18H,4-8H2,1H3,(H,19,20)/t10-,12-/m0/s1. The van der Waals surface area contributed by atoms with Gasteiger partial charge in [-0.05, 0) is 56.5 Å². The van der Waals surface area contributed by atoms with Gasteiger partial charge in [0.25, 0.3) is 0 Å². The zero-order valence-electron chi connectivity index (χ0n) is 11.6. The van der Waals surface area contributed by atoms with E-state index >= 15 is 0 Å². The Labute approximate surface area is 127 Å². The Balaban J connectivity index is 1.80. The molecule has 0 aromatic heterocycles. The van der Waals surface area contributed by atoms with Crippen molar-refractivity contribution in [2.75, 3.05) is 13.1 Å². The van der Waals surface area contributed by atoms with Gasteiger partial charge in [-0.15, -0.1) is 0 Å². The highest BCUT2D eigenvalue weighted by molar-refractivity contribution is 9.10. The van der Waals surface area contributed by atoms with E-state index in [4.69, 9.17) is 0 Å². The Bertz CT molecular complexity index is 481. The van der Waals surface area contributed by atoms with Crippen molar-refractivity contribution in [1.82, 2.24) is 10.6 Å². The first-order valence-electron chi connectivity index (χ1n) is 7.01. The van der Waals surface area contributed by atoms with Gasteiger partial charge in [-0.2, -0.15) is 0 Å². The summed E-state index contributed by atoms with van der Waals surface area (Å²) in [6.45, 7) is 3.46. The number of rotatable bonds is 4. The van der Waals surface area contributed by atoms with Gasteiger partial charge in [0.1, 0.15) is 5.82 Å². The fraction of sp³-hybridized carbons (Fsp3) is 0.533. The molecule has 0 radical (unpaired) electrons. The summed E-state index contributed by atoms with van der Waals surface area (Å²) < 4.78 is 14.4. The number of hydrogen-bond donors (Lipinski definition) is 2. The lowest BCUT2D eigenvalue weighted by Gasteiger charge is -2.27. The number of hydrogen-bond acceptors (Lipinski definition) is 2. The predicted octanol–water partition coefficient (Wildman–Crippen LogP) is 2.64. The Kier molecular flexibility index (Phi) is 5.54. The van der Waals surface area contributed by atoms with E-state index in [1.54, 1.807) is 12.1 Å². The third-order valence-electron chi connectivity index (χ3n) is 3.70. The predicted molar refractivity (Wildman–Crippen MR) is 81.0 cm³/mol. The molecular weight excluding hydrogens is 323 g/mol. The molecule has 2 rings (SSSR count). The van der Waals surface area contributed by atoms with Crippen LogP contribution in [0.5, 0.6) is 0 Å². The molecule has 1 aromatic carbocycles. The molecule has 0 aliphatic carbocycles. The van der Waals surface area contributed by atoms with E-state index in [-0.39, 0.29) is 17.6 Å². The third kappa shape index (κ3) is 4.28. The average molecular weight is 343 g/mol. The molecule has 1 saturated heterocycles. The number of carbonyl (C=O) groups excluding carboxylic acids is 1. The smallest absolute Gasteiger partial charge is 0.223 e. The van der Waals surface area contributed by atoms with Crippen molar-refractivity contribution in [1.29, 1.82) is 0 Å². The molecule has 0 unspecified atom stereocenters. The number of amides is 1. The molecule has 1 aliphatic rings. The summed E-state index contributed by atoms with van der Waals surface area (Å²) in [7, 11) is 0. The van der Waals surface area contributed by atoms with Crippen LogP contribution in [0.3, 0.4) is 0 Å². The minimum atomic E-state index is -0.224. The van der Waals surface area contributed by atoms with E-state index in [2.05, 4.69) is 33.5 Å². The number of halogens is 2. The molecule has 1 heterocycles. The lowest BCUT2D eigenvalue weighted by molar-refractivity contribution is -0.126. The molecule has 1 fully saturated rings. The minimum absolute atomic E-state index is 0.0820. The number of piperidine rings is 1. The van der Waals surface area contributed by atoms with Gasteiger partial charge in [0.05, 0.1) is 0 Å². The summed E-state index contributed by atoms with van der Waals surface area (Å²) in [6.07, 6.45) is 2.26. The number of nitrogens with one attached hydrogen (secondary N) is 2. The summed E-state index contributed by atoms with van der Waals surface area (Å²) in [5.74, 6) is -0.0506. The summed E-state index contributed by atoms with van der Waals surface area (Å²) in [5.41, 5.74) is 0.623. The largest absolute Gasteiger partial charge is 0.356 e. The molecule has 2 N–H and O–H groups in total. The number of benzene rings is 1. The second-order valence-electron chi connectivity index (χ2n) is 5.35.